The fourth-order valence-electron chi connectivity index (χ4n) is 1.46. The highest BCUT2D eigenvalue weighted by Crippen LogP contribution is 2.21. The highest BCUT2D eigenvalue weighted by Gasteiger charge is 2.01. The number of nitrogens with one attached hydrogen (secondary N) is 1. The molecule has 0 unspecified atom stereocenters. The van der Waals surface area contributed by atoms with Gasteiger partial charge in [0.05, 0.1) is 0 Å². The first-order valence-electron chi connectivity index (χ1n) is 4.65. The molecule has 1 aromatic carbocycles. The predicted molar refractivity (Wildman–Crippen MR) is 60.1 cm³/mol. The van der Waals surface area contributed by atoms with Crippen molar-refractivity contribution in [3.05, 3.63) is 35.9 Å². The fraction of sp³-hybridized carbons (Fsp3) is 0.333. The predicted octanol–water partition coefficient (Wildman–Crippen LogP) is 3.32. The van der Waals surface area contributed by atoms with E-state index in [0.29, 0.717) is 0 Å². The van der Waals surface area contributed by atoms with Crippen molar-refractivity contribution in [2.75, 3.05) is 12.4 Å². The van der Waals surface area contributed by atoms with Gasteiger partial charge in [-0.05, 0) is 36.6 Å². The summed E-state index contributed by atoms with van der Waals surface area (Å²) in [5.41, 5.74) is 4.95. The maximum Gasteiger partial charge on any atom is 0.0340 e. The lowest BCUT2D eigenvalue weighted by molar-refractivity contribution is 1.13. The molecule has 0 saturated heterocycles. The Hall–Kier alpha value is -1.24. The third kappa shape index (κ3) is 2.11. The molecule has 0 aliphatic heterocycles. The number of hydrogen-bond donors (Lipinski definition) is 1. The largest absolute Gasteiger partial charge is 0.388 e. The Morgan fingerprint density at radius 2 is 2.15 bits per heavy atom. The van der Waals surface area contributed by atoms with E-state index in [9.17, 15) is 0 Å². The highest BCUT2D eigenvalue weighted by atomic mass is 14.8. The molecule has 0 aliphatic rings. The van der Waals surface area contributed by atoms with Crippen molar-refractivity contribution >= 4 is 11.3 Å². The Morgan fingerprint density at radius 3 is 2.62 bits per heavy atom. The lowest BCUT2D eigenvalue weighted by Gasteiger charge is -2.09. The lowest BCUT2D eigenvalue weighted by Crippen LogP contribution is -1.93. The Bertz CT molecular complexity index is 313. The maximum absolute atomic E-state index is 3.97. The zero-order valence-corrected chi connectivity index (χ0v) is 8.65. The first-order valence-corrected chi connectivity index (χ1v) is 4.65. The van der Waals surface area contributed by atoms with E-state index in [-0.39, 0.29) is 0 Å². The monoisotopic (exact) mass is 175 g/mol. The quantitative estimate of drug-likeness (QED) is 0.743. The molecule has 1 N–H and O–H groups in total. The average molecular weight is 175 g/mol. The van der Waals surface area contributed by atoms with Gasteiger partial charge >= 0.3 is 0 Å². The number of anilines is 1. The number of allylic oxidation sites excluding steroid dienone is 1. The molecule has 0 amide bonds. The van der Waals surface area contributed by atoms with E-state index in [1.165, 1.54) is 16.8 Å². The van der Waals surface area contributed by atoms with Crippen molar-refractivity contribution in [2.45, 2.75) is 20.3 Å². The van der Waals surface area contributed by atoms with Crippen LogP contribution in [0.25, 0.3) is 5.57 Å². The number of aryl methyl sites for hydroxylation is 1. The van der Waals surface area contributed by atoms with Crippen LogP contribution in [-0.2, 0) is 6.42 Å². The third-order valence-corrected chi connectivity index (χ3v) is 2.23. The van der Waals surface area contributed by atoms with E-state index >= 15 is 0 Å². The second-order valence-corrected chi connectivity index (χ2v) is 3.26. The summed E-state index contributed by atoms with van der Waals surface area (Å²) < 4.78 is 0. The zero-order chi connectivity index (χ0) is 9.84. The van der Waals surface area contributed by atoms with Crippen molar-refractivity contribution in [3.8, 4) is 0 Å². The van der Waals surface area contributed by atoms with Crippen molar-refractivity contribution in [2.24, 2.45) is 0 Å². The van der Waals surface area contributed by atoms with Crippen LogP contribution >= 0.6 is 0 Å². The summed E-state index contributed by atoms with van der Waals surface area (Å²) in [5, 5.41) is 3.14. The Balaban J connectivity index is 3.15. The van der Waals surface area contributed by atoms with Gasteiger partial charge in [-0.3, -0.25) is 0 Å². The molecule has 1 aromatic rings. The van der Waals surface area contributed by atoms with Crippen molar-refractivity contribution < 1.29 is 0 Å². The lowest BCUT2D eigenvalue weighted by atomic mass is 9.99. The minimum atomic E-state index is 1.05. The number of benzene rings is 1. The van der Waals surface area contributed by atoms with Gasteiger partial charge in [0.25, 0.3) is 0 Å². The minimum absolute atomic E-state index is 1.05. The van der Waals surface area contributed by atoms with E-state index in [0.717, 1.165) is 12.0 Å². The van der Waals surface area contributed by atoms with Gasteiger partial charge in [-0.25, -0.2) is 0 Å². The molecule has 70 valence electrons. The number of rotatable bonds is 3. The molecule has 0 radical (unpaired) electrons. The first-order chi connectivity index (χ1) is 6.19. The molecule has 0 bridgehead atoms. The van der Waals surface area contributed by atoms with E-state index < -0.39 is 0 Å². The van der Waals surface area contributed by atoms with Gasteiger partial charge < -0.3 is 5.32 Å². The summed E-state index contributed by atoms with van der Waals surface area (Å²) in [7, 11) is 1.94. The van der Waals surface area contributed by atoms with Gasteiger partial charge in [0.1, 0.15) is 0 Å². The molecule has 0 atom stereocenters. The van der Waals surface area contributed by atoms with E-state index in [4.69, 9.17) is 0 Å². The van der Waals surface area contributed by atoms with Crippen LogP contribution in [0.3, 0.4) is 0 Å². The van der Waals surface area contributed by atoms with E-state index in [1.54, 1.807) is 0 Å². The smallest absolute Gasteiger partial charge is 0.0340 e. The Labute approximate surface area is 80.5 Å². The van der Waals surface area contributed by atoms with Crippen LogP contribution in [0.5, 0.6) is 0 Å². The SMILES string of the molecule is C=C(C)c1ccc(NC)cc1CC. The van der Waals surface area contributed by atoms with E-state index in [1.807, 2.05) is 14.0 Å². The van der Waals surface area contributed by atoms with Gasteiger partial charge in [-0.2, -0.15) is 0 Å². The molecular weight excluding hydrogens is 158 g/mol. The van der Waals surface area contributed by atoms with Crippen LogP contribution < -0.4 is 5.32 Å². The summed E-state index contributed by atoms with van der Waals surface area (Å²) in [6.07, 6.45) is 1.05. The van der Waals surface area contributed by atoms with Gasteiger partial charge in [-0.15, -0.1) is 0 Å². The van der Waals surface area contributed by atoms with Crippen molar-refractivity contribution in [1.82, 2.24) is 0 Å². The number of hydrogen-bond acceptors (Lipinski definition) is 1. The molecule has 0 heterocycles. The minimum Gasteiger partial charge on any atom is -0.388 e. The second-order valence-electron chi connectivity index (χ2n) is 3.26. The van der Waals surface area contributed by atoms with Gasteiger partial charge in [0, 0.05) is 12.7 Å². The first kappa shape index (κ1) is 9.85. The molecule has 13 heavy (non-hydrogen) atoms. The summed E-state index contributed by atoms with van der Waals surface area (Å²) in [5.74, 6) is 0. The molecule has 0 aromatic heterocycles. The van der Waals surface area contributed by atoms with Crippen LogP contribution in [0.15, 0.2) is 24.8 Å². The molecule has 1 rings (SSSR count). The summed E-state index contributed by atoms with van der Waals surface area (Å²) in [6, 6.07) is 6.40. The standard InChI is InChI=1S/C12H17N/c1-5-10-8-11(13-4)6-7-12(10)9(2)3/h6-8,13H,2,5H2,1,3-4H3. The molecule has 0 aliphatic carbocycles. The highest BCUT2D eigenvalue weighted by molar-refractivity contribution is 5.67. The Kier molecular flexibility index (Phi) is 3.13. The van der Waals surface area contributed by atoms with Gasteiger partial charge in [-0.1, -0.05) is 25.1 Å². The second kappa shape index (κ2) is 4.13. The molecule has 1 nitrogen and oxygen atoms in total. The van der Waals surface area contributed by atoms with Crippen LogP contribution in [0.1, 0.15) is 25.0 Å². The normalized spacial score (nSPS) is 9.77. The average Bonchev–Trinajstić information content (AvgIpc) is 2.16. The van der Waals surface area contributed by atoms with Crippen LogP contribution in [0, 0.1) is 0 Å². The maximum atomic E-state index is 3.97. The zero-order valence-electron chi connectivity index (χ0n) is 8.65. The topological polar surface area (TPSA) is 12.0 Å². The van der Waals surface area contributed by atoms with Crippen LogP contribution in [-0.4, -0.2) is 7.05 Å². The van der Waals surface area contributed by atoms with Gasteiger partial charge in [0.15, 0.2) is 0 Å². The summed E-state index contributed by atoms with van der Waals surface area (Å²) in [4.78, 5) is 0. The van der Waals surface area contributed by atoms with Crippen molar-refractivity contribution in [1.29, 1.82) is 0 Å². The molecule has 1 heteroatoms. The molecule has 0 saturated carbocycles. The third-order valence-electron chi connectivity index (χ3n) is 2.23. The Morgan fingerprint density at radius 1 is 1.46 bits per heavy atom. The van der Waals surface area contributed by atoms with Crippen molar-refractivity contribution in [3.63, 3.8) is 0 Å². The fourth-order valence-corrected chi connectivity index (χ4v) is 1.46. The molecule has 0 fully saturated rings. The molecular formula is C12H17N. The van der Waals surface area contributed by atoms with E-state index in [2.05, 4.69) is 37.0 Å². The summed E-state index contributed by atoms with van der Waals surface area (Å²) >= 11 is 0. The molecule has 0 spiro atoms. The van der Waals surface area contributed by atoms with Crippen LogP contribution in [0.4, 0.5) is 5.69 Å². The summed E-state index contributed by atoms with van der Waals surface area (Å²) in [6.45, 7) is 8.19. The van der Waals surface area contributed by atoms with Crippen LogP contribution in [0.2, 0.25) is 0 Å². The van der Waals surface area contributed by atoms with Gasteiger partial charge in [0.2, 0.25) is 0 Å².